The van der Waals surface area contributed by atoms with E-state index in [9.17, 15) is 4.79 Å². The van der Waals surface area contributed by atoms with E-state index >= 15 is 0 Å². The van der Waals surface area contributed by atoms with Gasteiger partial charge >= 0.3 is 0 Å². The van der Waals surface area contributed by atoms with Gasteiger partial charge in [-0.1, -0.05) is 13.8 Å². The van der Waals surface area contributed by atoms with Crippen molar-refractivity contribution in [2.75, 3.05) is 39.7 Å². The van der Waals surface area contributed by atoms with Crippen molar-refractivity contribution in [3.63, 3.8) is 0 Å². The molecular weight excluding hydrogens is 360 g/mol. The van der Waals surface area contributed by atoms with Crippen molar-refractivity contribution in [2.45, 2.75) is 26.7 Å². The predicted molar refractivity (Wildman–Crippen MR) is 108 cm³/mol. The summed E-state index contributed by atoms with van der Waals surface area (Å²) >= 11 is 0. The number of nitrogens with one attached hydrogen (secondary N) is 1. The summed E-state index contributed by atoms with van der Waals surface area (Å²) in [6.45, 7) is 5.55. The summed E-state index contributed by atoms with van der Waals surface area (Å²) in [5.41, 5.74) is 1.14. The number of hydrogen-bond acceptors (Lipinski definition) is 7. The largest absolute Gasteiger partial charge is 0.493 e. The monoisotopic (exact) mass is 388 g/mol. The first kappa shape index (κ1) is 21.3. The number of methoxy groups -OCH3 is 3. The van der Waals surface area contributed by atoms with E-state index in [1.807, 2.05) is 4.90 Å². The fraction of sp³-hybridized carbons (Fsp3) is 0.450. The number of carbonyl (C=O) groups is 1. The third kappa shape index (κ3) is 5.03. The molecule has 1 aromatic heterocycles. The Kier molecular flexibility index (Phi) is 7.86. The summed E-state index contributed by atoms with van der Waals surface area (Å²) in [5, 5.41) is 3.09. The fourth-order valence-corrected chi connectivity index (χ4v) is 2.82. The maximum Gasteiger partial charge on any atom is 0.256 e. The lowest BCUT2D eigenvalue weighted by Crippen LogP contribution is -2.32. The molecule has 1 heterocycles. The number of aromatic nitrogens is 2. The van der Waals surface area contributed by atoms with Gasteiger partial charge in [-0.25, -0.2) is 9.97 Å². The molecule has 0 fully saturated rings. The van der Waals surface area contributed by atoms with Crippen LogP contribution in [0.2, 0.25) is 0 Å². The lowest BCUT2D eigenvalue weighted by molar-refractivity contribution is 0.0754. The van der Waals surface area contributed by atoms with Crippen LogP contribution in [0.5, 0.6) is 17.2 Å². The summed E-state index contributed by atoms with van der Waals surface area (Å²) < 4.78 is 16.0. The molecule has 1 aromatic carbocycles. The number of carbonyl (C=O) groups excluding carboxylic acids is 1. The van der Waals surface area contributed by atoms with Gasteiger partial charge in [-0.2, -0.15) is 0 Å². The highest BCUT2D eigenvalue weighted by Crippen LogP contribution is 2.40. The van der Waals surface area contributed by atoms with E-state index in [4.69, 9.17) is 14.2 Å². The van der Waals surface area contributed by atoms with Crippen LogP contribution in [0.15, 0.2) is 24.5 Å². The molecule has 0 saturated heterocycles. The van der Waals surface area contributed by atoms with Crippen LogP contribution in [0.3, 0.4) is 0 Å². The average Bonchev–Trinajstić information content (AvgIpc) is 2.72. The highest BCUT2D eigenvalue weighted by Gasteiger charge is 2.16. The first-order chi connectivity index (χ1) is 13.6. The molecule has 0 radical (unpaired) electrons. The quantitative estimate of drug-likeness (QED) is 0.666. The van der Waals surface area contributed by atoms with Gasteiger partial charge in [-0.3, -0.25) is 4.79 Å². The Balaban J connectivity index is 2.19. The van der Waals surface area contributed by atoms with E-state index in [0.717, 1.165) is 25.9 Å². The maximum absolute atomic E-state index is 12.6. The van der Waals surface area contributed by atoms with Gasteiger partial charge in [0.05, 0.1) is 26.9 Å². The summed E-state index contributed by atoms with van der Waals surface area (Å²) in [4.78, 5) is 23.0. The first-order valence-electron chi connectivity index (χ1n) is 9.26. The maximum atomic E-state index is 12.6. The minimum Gasteiger partial charge on any atom is -0.493 e. The lowest BCUT2D eigenvalue weighted by atomic mass is 10.2. The van der Waals surface area contributed by atoms with Crippen molar-refractivity contribution in [1.29, 1.82) is 0 Å². The van der Waals surface area contributed by atoms with E-state index < -0.39 is 0 Å². The molecule has 152 valence electrons. The zero-order valence-electron chi connectivity index (χ0n) is 17.1. The Hall–Kier alpha value is -3.03. The normalized spacial score (nSPS) is 10.3. The molecule has 0 unspecified atom stereocenters. The van der Waals surface area contributed by atoms with Gasteiger partial charge < -0.3 is 24.4 Å². The van der Waals surface area contributed by atoms with Gasteiger partial charge in [-0.15, -0.1) is 0 Å². The molecule has 0 atom stereocenters. The van der Waals surface area contributed by atoms with Gasteiger partial charge in [0.25, 0.3) is 5.91 Å². The van der Waals surface area contributed by atoms with Crippen molar-refractivity contribution in [1.82, 2.24) is 14.9 Å². The van der Waals surface area contributed by atoms with Crippen LogP contribution in [0, 0.1) is 0 Å². The molecule has 1 N–H and O–H groups in total. The van der Waals surface area contributed by atoms with Gasteiger partial charge in [0.2, 0.25) is 11.7 Å². The molecule has 8 nitrogen and oxygen atoms in total. The zero-order chi connectivity index (χ0) is 20.5. The molecule has 0 bridgehead atoms. The van der Waals surface area contributed by atoms with E-state index in [2.05, 4.69) is 29.1 Å². The Morgan fingerprint density at radius 2 is 1.50 bits per heavy atom. The minimum atomic E-state index is -0.0527. The van der Waals surface area contributed by atoms with Crippen LogP contribution >= 0.6 is 0 Å². The first-order valence-corrected chi connectivity index (χ1v) is 9.26. The summed E-state index contributed by atoms with van der Waals surface area (Å²) in [6.07, 6.45) is 4.89. The van der Waals surface area contributed by atoms with Crippen LogP contribution in [0.1, 0.15) is 37.0 Å². The molecule has 0 aliphatic rings. The molecule has 8 heteroatoms. The lowest BCUT2D eigenvalue weighted by Gasteiger charge is -2.21. The molecule has 0 aliphatic carbocycles. The second-order valence-electron chi connectivity index (χ2n) is 6.13. The summed E-state index contributed by atoms with van der Waals surface area (Å²) in [5.74, 6) is 1.85. The van der Waals surface area contributed by atoms with Gasteiger partial charge in [0.1, 0.15) is 0 Å². The third-order valence-electron chi connectivity index (χ3n) is 4.09. The highest BCUT2D eigenvalue weighted by atomic mass is 16.5. The van der Waals surface area contributed by atoms with Crippen molar-refractivity contribution in [2.24, 2.45) is 0 Å². The number of nitrogens with zero attached hydrogens (tertiary/aromatic N) is 3. The van der Waals surface area contributed by atoms with Crippen LogP contribution in [0.25, 0.3) is 0 Å². The molecule has 2 aromatic rings. The average molecular weight is 388 g/mol. The molecule has 2 rings (SSSR count). The number of anilines is 2. The molecule has 0 aliphatic heterocycles. The summed E-state index contributed by atoms with van der Waals surface area (Å²) in [6, 6.07) is 3.52. The predicted octanol–water partition coefficient (Wildman–Crippen LogP) is 3.51. The molecule has 1 amide bonds. The molecular formula is C20H28N4O4. The van der Waals surface area contributed by atoms with Gasteiger partial charge in [-0.05, 0) is 12.8 Å². The van der Waals surface area contributed by atoms with Crippen LogP contribution < -0.4 is 19.5 Å². The van der Waals surface area contributed by atoms with E-state index in [1.165, 1.54) is 12.4 Å². The fourth-order valence-electron chi connectivity index (χ4n) is 2.82. The zero-order valence-corrected chi connectivity index (χ0v) is 17.1. The van der Waals surface area contributed by atoms with E-state index in [0.29, 0.717) is 34.4 Å². The van der Waals surface area contributed by atoms with E-state index in [1.54, 1.807) is 33.5 Å². The molecule has 0 spiro atoms. The Morgan fingerprint density at radius 3 is 1.93 bits per heavy atom. The molecule has 0 saturated carbocycles. The number of amides is 1. The Morgan fingerprint density at radius 1 is 0.964 bits per heavy atom. The van der Waals surface area contributed by atoms with Crippen molar-refractivity contribution in [3.05, 3.63) is 30.1 Å². The topological polar surface area (TPSA) is 85.8 Å². The molecule has 28 heavy (non-hydrogen) atoms. The van der Waals surface area contributed by atoms with Gasteiger partial charge in [0.15, 0.2) is 11.5 Å². The Labute approximate surface area is 165 Å². The third-order valence-corrected chi connectivity index (χ3v) is 4.09. The van der Waals surface area contributed by atoms with Crippen LogP contribution in [-0.2, 0) is 0 Å². The standard InChI is InChI=1S/C20H28N4O4/c1-6-8-24(9-7-2)19(25)14-12-21-20(22-13-14)23-15-10-16(26-3)18(28-5)17(11-15)27-4/h10-13H,6-9H2,1-5H3,(H,21,22,23). The minimum absolute atomic E-state index is 0.0527. The number of rotatable bonds is 10. The second-order valence-corrected chi connectivity index (χ2v) is 6.13. The van der Waals surface area contributed by atoms with Crippen LogP contribution in [-0.4, -0.2) is 55.2 Å². The van der Waals surface area contributed by atoms with Crippen molar-refractivity contribution < 1.29 is 19.0 Å². The van der Waals surface area contributed by atoms with Gasteiger partial charge in [0, 0.05) is 43.3 Å². The highest BCUT2D eigenvalue weighted by molar-refractivity contribution is 5.93. The van der Waals surface area contributed by atoms with Crippen molar-refractivity contribution >= 4 is 17.5 Å². The summed E-state index contributed by atoms with van der Waals surface area (Å²) in [7, 11) is 4.65. The van der Waals surface area contributed by atoms with Crippen molar-refractivity contribution in [3.8, 4) is 17.2 Å². The Bertz CT molecular complexity index is 749. The second kappa shape index (κ2) is 10.3. The number of ether oxygens (including phenoxy) is 3. The SMILES string of the molecule is CCCN(CCC)C(=O)c1cnc(Nc2cc(OC)c(OC)c(OC)c2)nc1. The number of hydrogen-bond donors (Lipinski definition) is 1. The van der Waals surface area contributed by atoms with E-state index in [-0.39, 0.29) is 5.91 Å². The van der Waals surface area contributed by atoms with Crippen LogP contribution in [0.4, 0.5) is 11.6 Å². The number of benzene rings is 1. The smallest absolute Gasteiger partial charge is 0.256 e.